The van der Waals surface area contributed by atoms with Gasteiger partial charge in [0.05, 0.1) is 30.6 Å². The summed E-state index contributed by atoms with van der Waals surface area (Å²) >= 11 is 0. The molecule has 1 heterocycles. The molecule has 8 heteroatoms. The van der Waals surface area contributed by atoms with Crippen LogP contribution in [0.4, 0.5) is 4.39 Å². The van der Waals surface area contributed by atoms with Gasteiger partial charge in [-0.05, 0) is 55.0 Å². The minimum absolute atomic E-state index is 0.314. The fourth-order valence-corrected chi connectivity index (χ4v) is 3.55. The zero-order valence-corrected chi connectivity index (χ0v) is 18.1. The number of carbonyl (C=O) groups excluding carboxylic acids is 2. The molecule has 168 valence electrons. The van der Waals surface area contributed by atoms with Crippen molar-refractivity contribution in [1.29, 1.82) is 0 Å². The van der Waals surface area contributed by atoms with Gasteiger partial charge in [0.15, 0.2) is 0 Å². The van der Waals surface area contributed by atoms with Gasteiger partial charge < -0.3 is 14.8 Å². The lowest BCUT2D eigenvalue weighted by Crippen LogP contribution is -2.42. The van der Waals surface area contributed by atoms with Crippen LogP contribution in [0.25, 0.3) is 16.6 Å². The lowest BCUT2D eigenvalue weighted by molar-refractivity contribution is -0.153. The standard InChI is InChI=1S/C25H22FN3O4/c1-16(28-24(30)25(31)32-2)23(17-6-4-3-5-7-17)33-21-12-13-22-18(14-21)15-27-29(22)20-10-8-19(26)9-11-20/h3-16,23H,1-2H3,(H,28,30)/t16-,23-/m0/s1. The molecule has 7 nitrogen and oxygen atoms in total. The Morgan fingerprint density at radius 3 is 2.45 bits per heavy atom. The number of carbonyl (C=O) groups is 2. The molecule has 3 aromatic carbocycles. The minimum atomic E-state index is -0.969. The molecule has 0 saturated carbocycles. The fourth-order valence-electron chi connectivity index (χ4n) is 3.55. The van der Waals surface area contributed by atoms with Crippen LogP contribution in [-0.2, 0) is 14.3 Å². The van der Waals surface area contributed by atoms with Gasteiger partial charge >= 0.3 is 11.9 Å². The van der Waals surface area contributed by atoms with Crippen molar-refractivity contribution in [3.05, 3.63) is 90.4 Å². The van der Waals surface area contributed by atoms with E-state index in [0.717, 1.165) is 29.3 Å². The largest absolute Gasteiger partial charge is 0.484 e. The maximum atomic E-state index is 13.3. The van der Waals surface area contributed by atoms with E-state index in [1.807, 2.05) is 42.5 Å². The third-order valence-corrected chi connectivity index (χ3v) is 5.19. The molecule has 1 N–H and O–H groups in total. The van der Waals surface area contributed by atoms with Gasteiger partial charge in [-0.25, -0.2) is 13.9 Å². The molecule has 0 aliphatic heterocycles. The molecule has 0 saturated heterocycles. The van der Waals surface area contributed by atoms with Crippen LogP contribution in [0.5, 0.6) is 5.75 Å². The third-order valence-electron chi connectivity index (χ3n) is 5.19. The van der Waals surface area contributed by atoms with E-state index in [1.54, 1.807) is 36.0 Å². The van der Waals surface area contributed by atoms with Crippen LogP contribution in [0.15, 0.2) is 79.0 Å². The first-order chi connectivity index (χ1) is 16.0. The topological polar surface area (TPSA) is 82.5 Å². The van der Waals surface area contributed by atoms with E-state index in [2.05, 4.69) is 15.2 Å². The molecule has 1 aromatic heterocycles. The highest BCUT2D eigenvalue weighted by Crippen LogP contribution is 2.29. The summed E-state index contributed by atoms with van der Waals surface area (Å²) < 4.78 is 25.7. The second-order valence-corrected chi connectivity index (χ2v) is 7.46. The van der Waals surface area contributed by atoms with Crippen LogP contribution in [0.2, 0.25) is 0 Å². The number of hydrogen-bond acceptors (Lipinski definition) is 5. The number of nitrogens with zero attached hydrogens (tertiary/aromatic N) is 2. The molecule has 0 bridgehead atoms. The molecule has 0 fully saturated rings. The van der Waals surface area contributed by atoms with Gasteiger partial charge in [0, 0.05) is 5.39 Å². The van der Waals surface area contributed by atoms with E-state index in [9.17, 15) is 14.0 Å². The highest BCUT2D eigenvalue weighted by atomic mass is 19.1. The number of amides is 1. The SMILES string of the molecule is COC(=O)C(=O)N[C@@H](C)[C@H](Oc1ccc2c(cnn2-c2ccc(F)cc2)c1)c1ccccc1. The lowest BCUT2D eigenvalue weighted by Gasteiger charge is -2.26. The van der Waals surface area contributed by atoms with Gasteiger partial charge in [-0.3, -0.25) is 4.79 Å². The van der Waals surface area contributed by atoms with Crippen molar-refractivity contribution in [2.45, 2.75) is 19.1 Å². The maximum absolute atomic E-state index is 13.3. The van der Waals surface area contributed by atoms with Crippen LogP contribution in [0, 0.1) is 5.82 Å². The van der Waals surface area contributed by atoms with Gasteiger partial charge in [-0.2, -0.15) is 5.10 Å². The summed E-state index contributed by atoms with van der Waals surface area (Å²) in [5, 5.41) is 7.87. The van der Waals surface area contributed by atoms with Crippen LogP contribution in [0.3, 0.4) is 0 Å². The van der Waals surface area contributed by atoms with Gasteiger partial charge in [-0.1, -0.05) is 30.3 Å². The highest BCUT2D eigenvalue weighted by Gasteiger charge is 2.26. The predicted octanol–water partition coefficient (Wildman–Crippen LogP) is 3.96. The third kappa shape index (κ3) is 4.85. The first kappa shape index (κ1) is 22.0. The monoisotopic (exact) mass is 447 g/mol. The number of esters is 1. The predicted molar refractivity (Wildman–Crippen MR) is 120 cm³/mol. The average molecular weight is 447 g/mol. The van der Waals surface area contributed by atoms with Gasteiger partial charge in [0.2, 0.25) is 0 Å². The second-order valence-electron chi connectivity index (χ2n) is 7.46. The van der Waals surface area contributed by atoms with E-state index >= 15 is 0 Å². The average Bonchev–Trinajstić information content (AvgIpc) is 3.26. The zero-order chi connectivity index (χ0) is 23.4. The Morgan fingerprint density at radius 2 is 1.76 bits per heavy atom. The number of benzene rings is 3. The van der Waals surface area contributed by atoms with Crippen LogP contribution in [0.1, 0.15) is 18.6 Å². The van der Waals surface area contributed by atoms with Crippen LogP contribution >= 0.6 is 0 Å². The van der Waals surface area contributed by atoms with E-state index < -0.39 is 24.0 Å². The van der Waals surface area contributed by atoms with E-state index in [-0.39, 0.29) is 5.82 Å². The number of hydrogen-bond donors (Lipinski definition) is 1. The Morgan fingerprint density at radius 1 is 1.03 bits per heavy atom. The van der Waals surface area contributed by atoms with Gasteiger partial charge in [-0.15, -0.1) is 0 Å². The molecule has 0 radical (unpaired) electrons. The Kier molecular flexibility index (Phi) is 6.35. The van der Waals surface area contributed by atoms with E-state index in [4.69, 9.17) is 4.74 Å². The van der Waals surface area contributed by atoms with Crippen LogP contribution < -0.4 is 10.1 Å². The molecule has 0 aliphatic rings. The molecule has 0 unspecified atom stereocenters. The summed E-state index contributed by atoms with van der Waals surface area (Å²) in [6.07, 6.45) is 1.13. The number of rotatable bonds is 6. The highest BCUT2D eigenvalue weighted by molar-refractivity contribution is 6.32. The van der Waals surface area contributed by atoms with Crippen molar-refractivity contribution >= 4 is 22.8 Å². The molecule has 0 spiro atoms. The number of fused-ring (bicyclic) bond motifs is 1. The Labute approximate surface area is 189 Å². The summed E-state index contributed by atoms with van der Waals surface area (Å²) in [5.74, 6) is -1.56. The molecule has 33 heavy (non-hydrogen) atoms. The van der Waals surface area contributed by atoms with Crippen molar-refractivity contribution in [2.24, 2.45) is 0 Å². The molecular formula is C25H22FN3O4. The minimum Gasteiger partial charge on any atom is -0.484 e. The summed E-state index contributed by atoms with van der Waals surface area (Å²) in [6.45, 7) is 1.75. The molecule has 1 amide bonds. The lowest BCUT2D eigenvalue weighted by atomic mass is 10.0. The van der Waals surface area contributed by atoms with Crippen LogP contribution in [-0.4, -0.2) is 34.8 Å². The Balaban J connectivity index is 1.61. The van der Waals surface area contributed by atoms with Crippen molar-refractivity contribution in [2.75, 3.05) is 7.11 Å². The van der Waals surface area contributed by atoms with E-state index in [0.29, 0.717) is 5.75 Å². The first-order valence-corrected chi connectivity index (χ1v) is 10.3. The van der Waals surface area contributed by atoms with E-state index in [1.165, 1.54) is 12.1 Å². The fraction of sp³-hybridized carbons (Fsp3) is 0.160. The van der Waals surface area contributed by atoms with Crippen molar-refractivity contribution in [3.63, 3.8) is 0 Å². The maximum Gasteiger partial charge on any atom is 0.396 e. The first-order valence-electron chi connectivity index (χ1n) is 10.3. The number of ether oxygens (including phenoxy) is 2. The summed E-state index contributed by atoms with van der Waals surface area (Å²) in [6, 6.07) is 20.4. The van der Waals surface area contributed by atoms with Crippen molar-refractivity contribution < 1.29 is 23.5 Å². The molecule has 4 rings (SSSR count). The normalized spacial score (nSPS) is 12.7. The second kappa shape index (κ2) is 9.52. The summed E-state index contributed by atoms with van der Waals surface area (Å²) in [7, 11) is 1.15. The Hall–Kier alpha value is -4.20. The van der Waals surface area contributed by atoms with Gasteiger partial charge in [0.1, 0.15) is 17.7 Å². The smallest absolute Gasteiger partial charge is 0.396 e. The zero-order valence-electron chi connectivity index (χ0n) is 18.1. The van der Waals surface area contributed by atoms with Gasteiger partial charge in [0.25, 0.3) is 0 Å². The molecule has 0 aliphatic carbocycles. The quantitative estimate of drug-likeness (QED) is 0.357. The number of halogens is 1. The molecule has 4 aromatic rings. The van der Waals surface area contributed by atoms with Crippen molar-refractivity contribution in [3.8, 4) is 11.4 Å². The molecule has 2 atom stereocenters. The molecular weight excluding hydrogens is 425 g/mol. The summed E-state index contributed by atoms with van der Waals surface area (Å²) in [5.41, 5.74) is 2.40. The number of nitrogens with one attached hydrogen (secondary N) is 1. The number of aromatic nitrogens is 2. The Bertz CT molecular complexity index is 1270. The number of methoxy groups -OCH3 is 1. The van der Waals surface area contributed by atoms with Crippen molar-refractivity contribution in [1.82, 2.24) is 15.1 Å². The summed E-state index contributed by atoms with van der Waals surface area (Å²) in [4.78, 5) is 23.6.